The number of nitrogens with two attached hydrogens (primary N) is 1. The smallest absolute Gasteiger partial charge is 0.191 e. The molecular formula is C11H22IN3O2. The molecule has 0 atom stereocenters. The highest BCUT2D eigenvalue weighted by Gasteiger charge is 2.30. The van der Waals surface area contributed by atoms with Crippen LogP contribution in [0.2, 0.25) is 0 Å². The number of guanidine groups is 1. The summed E-state index contributed by atoms with van der Waals surface area (Å²) in [6.45, 7) is 3.96. The molecule has 1 aliphatic heterocycles. The lowest BCUT2D eigenvalue weighted by Crippen LogP contribution is -2.36. The van der Waals surface area contributed by atoms with E-state index in [1.807, 2.05) is 14.0 Å². The molecule has 0 aromatic rings. The molecule has 0 aromatic carbocycles. The number of rotatable bonds is 4. The van der Waals surface area contributed by atoms with E-state index in [0.717, 1.165) is 6.42 Å². The van der Waals surface area contributed by atoms with E-state index in [2.05, 4.69) is 9.89 Å². The molecule has 100 valence electrons. The third kappa shape index (κ3) is 4.26. The van der Waals surface area contributed by atoms with Gasteiger partial charge in [0.2, 0.25) is 0 Å². The van der Waals surface area contributed by atoms with Crippen LogP contribution in [0, 0.1) is 0 Å². The fraction of sp³-hybridized carbons (Fsp3) is 0.909. The summed E-state index contributed by atoms with van der Waals surface area (Å²) in [5.74, 6) is 0.172. The minimum absolute atomic E-state index is 0. The third-order valence-electron chi connectivity index (χ3n) is 3.19. The first-order chi connectivity index (χ1) is 7.61. The van der Waals surface area contributed by atoms with Crippen molar-refractivity contribution < 1.29 is 9.47 Å². The predicted octanol–water partition coefficient (Wildman–Crippen LogP) is 1.17. The van der Waals surface area contributed by atoms with Crippen LogP contribution in [0.25, 0.3) is 0 Å². The van der Waals surface area contributed by atoms with Gasteiger partial charge in [-0.15, -0.1) is 24.0 Å². The van der Waals surface area contributed by atoms with E-state index in [1.54, 1.807) is 0 Å². The normalized spacial score (nSPS) is 23.3. The summed E-state index contributed by atoms with van der Waals surface area (Å²) in [6.07, 6.45) is 3.22. The molecule has 2 N–H and O–H groups in total. The van der Waals surface area contributed by atoms with Crippen LogP contribution in [0.5, 0.6) is 0 Å². The monoisotopic (exact) mass is 355 g/mol. The Labute approximate surface area is 120 Å². The molecule has 17 heavy (non-hydrogen) atoms. The van der Waals surface area contributed by atoms with E-state index in [4.69, 9.17) is 15.2 Å². The van der Waals surface area contributed by atoms with Crippen LogP contribution in [0.15, 0.2) is 4.99 Å². The SMILES string of the molecule is CN(C(N)=NCCC1(C)OCCO1)C1CC1.I. The Morgan fingerprint density at radius 1 is 1.41 bits per heavy atom. The van der Waals surface area contributed by atoms with Gasteiger partial charge in [-0.3, -0.25) is 4.99 Å². The Balaban J connectivity index is 0.00000144. The molecule has 2 fully saturated rings. The number of hydrogen-bond donors (Lipinski definition) is 1. The second-order valence-corrected chi connectivity index (χ2v) is 4.66. The molecule has 0 bridgehead atoms. The van der Waals surface area contributed by atoms with Crippen molar-refractivity contribution in [2.75, 3.05) is 26.8 Å². The van der Waals surface area contributed by atoms with Crippen molar-refractivity contribution >= 4 is 29.9 Å². The summed E-state index contributed by atoms with van der Waals surface area (Å²) < 4.78 is 11.0. The van der Waals surface area contributed by atoms with Gasteiger partial charge in [-0.25, -0.2) is 0 Å². The zero-order valence-electron chi connectivity index (χ0n) is 10.5. The molecule has 5 nitrogen and oxygen atoms in total. The molecular weight excluding hydrogens is 333 g/mol. The van der Waals surface area contributed by atoms with E-state index in [0.29, 0.717) is 31.8 Å². The van der Waals surface area contributed by atoms with Crippen molar-refractivity contribution in [2.24, 2.45) is 10.7 Å². The van der Waals surface area contributed by atoms with Gasteiger partial charge in [-0.2, -0.15) is 0 Å². The Kier molecular flexibility index (Phi) is 5.46. The molecule has 2 rings (SSSR count). The van der Waals surface area contributed by atoms with Crippen LogP contribution in [-0.2, 0) is 9.47 Å². The maximum Gasteiger partial charge on any atom is 0.191 e. The zero-order valence-corrected chi connectivity index (χ0v) is 12.8. The lowest BCUT2D eigenvalue weighted by atomic mass is 10.2. The minimum atomic E-state index is -0.456. The number of aliphatic imine (C=N–C) groups is 1. The number of hydrogen-bond acceptors (Lipinski definition) is 3. The average Bonchev–Trinajstić information content (AvgIpc) is 3.01. The van der Waals surface area contributed by atoms with Gasteiger partial charge in [0.15, 0.2) is 11.7 Å². The summed E-state index contributed by atoms with van der Waals surface area (Å²) in [5.41, 5.74) is 5.88. The molecule has 2 aliphatic rings. The second kappa shape index (κ2) is 6.19. The highest BCUT2D eigenvalue weighted by molar-refractivity contribution is 14.0. The molecule has 1 heterocycles. The van der Waals surface area contributed by atoms with E-state index in [-0.39, 0.29) is 24.0 Å². The van der Waals surface area contributed by atoms with Crippen molar-refractivity contribution in [3.63, 3.8) is 0 Å². The Morgan fingerprint density at radius 2 is 2.00 bits per heavy atom. The van der Waals surface area contributed by atoms with Crippen LogP contribution in [0.4, 0.5) is 0 Å². The number of nitrogens with zero attached hydrogens (tertiary/aromatic N) is 2. The molecule has 6 heteroatoms. The zero-order chi connectivity index (χ0) is 11.6. The number of ether oxygens (including phenoxy) is 2. The first-order valence-corrected chi connectivity index (χ1v) is 5.91. The van der Waals surface area contributed by atoms with Crippen LogP contribution >= 0.6 is 24.0 Å². The molecule has 1 aliphatic carbocycles. The van der Waals surface area contributed by atoms with Gasteiger partial charge >= 0.3 is 0 Å². The summed E-state index contributed by atoms with van der Waals surface area (Å²) in [7, 11) is 2.00. The van der Waals surface area contributed by atoms with Crippen molar-refractivity contribution in [3.05, 3.63) is 0 Å². The van der Waals surface area contributed by atoms with E-state index in [9.17, 15) is 0 Å². The summed E-state index contributed by atoms with van der Waals surface area (Å²) in [5, 5.41) is 0. The maximum atomic E-state index is 5.88. The molecule has 0 spiro atoms. The van der Waals surface area contributed by atoms with Gasteiger partial charge in [0.05, 0.1) is 13.2 Å². The summed E-state index contributed by atoms with van der Waals surface area (Å²) in [4.78, 5) is 6.41. The van der Waals surface area contributed by atoms with Crippen LogP contribution < -0.4 is 5.73 Å². The lowest BCUT2D eigenvalue weighted by Gasteiger charge is -2.22. The van der Waals surface area contributed by atoms with Gasteiger partial charge in [0, 0.05) is 26.1 Å². The van der Waals surface area contributed by atoms with Gasteiger partial charge in [-0.1, -0.05) is 0 Å². The first-order valence-electron chi connectivity index (χ1n) is 5.91. The number of halogens is 1. The third-order valence-corrected chi connectivity index (χ3v) is 3.19. The molecule has 1 saturated carbocycles. The predicted molar refractivity (Wildman–Crippen MR) is 77.6 cm³/mol. The van der Waals surface area contributed by atoms with Gasteiger partial charge in [-0.05, 0) is 19.8 Å². The van der Waals surface area contributed by atoms with E-state index >= 15 is 0 Å². The van der Waals surface area contributed by atoms with E-state index < -0.39 is 5.79 Å². The van der Waals surface area contributed by atoms with Crippen LogP contribution in [0.1, 0.15) is 26.2 Å². The van der Waals surface area contributed by atoms with Crippen LogP contribution in [0.3, 0.4) is 0 Å². The second-order valence-electron chi connectivity index (χ2n) is 4.66. The minimum Gasteiger partial charge on any atom is -0.370 e. The molecule has 0 aromatic heterocycles. The lowest BCUT2D eigenvalue weighted by molar-refractivity contribution is -0.144. The topological polar surface area (TPSA) is 60.1 Å². The van der Waals surface area contributed by atoms with Crippen molar-refractivity contribution in [1.82, 2.24) is 4.90 Å². The highest BCUT2D eigenvalue weighted by Crippen LogP contribution is 2.25. The Bertz CT molecular complexity index is 276. The average molecular weight is 355 g/mol. The maximum absolute atomic E-state index is 5.88. The summed E-state index contributed by atoms with van der Waals surface area (Å²) >= 11 is 0. The molecule has 0 amide bonds. The quantitative estimate of drug-likeness (QED) is 0.467. The largest absolute Gasteiger partial charge is 0.370 e. The highest BCUT2D eigenvalue weighted by atomic mass is 127. The van der Waals surface area contributed by atoms with Gasteiger partial charge < -0.3 is 20.1 Å². The fourth-order valence-corrected chi connectivity index (χ4v) is 1.84. The van der Waals surface area contributed by atoms with E-state index in [1.165, 1.54) is 12.8 Å². The molecule has 0 unspecified atom stereocenters. The van der Waals surface area contributed by atoms with Crippen molar-refractivity contribution in [1.29, 1.82) is 0 Å². The van der Waals surface area contributed by atoms with Crippen molar-refractivity contribution in [3.8, 4) is 0 Å². The molecule has 0 radical (unpaired) electrons. The first kappa shape index (κ1) is 15.0. The fourth-order valence-electron chi connectivity index (χ4n) is 1.84. The Hall–Kier alpha value is -0.0800. The van der Waals surface area contributed by atoms with Crippen LogP contribution in [-0.4, -0.2) is 49.5 Å². The van der Waals surface area contributed by atoms with Gasteiger partial charge in [0.25, 0.3) is 0 Å². The van der Waals surface area contributed by atoms with Gasteiger partial charge in [0.1, 0.15) is 0 Å². The standard InChI is InChI=1S/C11H21N3O2.HI/c1-11(15-7-8-16-11)5-6-13-10(12)14(2)9-3-4-9;/h9H,3-8H2,1-2H3,(H2,12,13);1H. The van der Waals surface area contributed by atoms with Crippen molar-refractivity contribution in [2.45, 2.75) is 38.0 Å². The molecule has 1 saturated heterocycles. The Morgan fingerprint density at radius 3 is 2.53 bits per heavy atom. The summed E-state index contributed by atoms with van der Waals surface area (Å²) in [6, 6.07) is 0.610.